The van der Waals surface area contributed by atoms with Crippen LogP contribution in [0.3, 0.4) is 0 Å². The molecule has 0 rings (SSSR count). The lowest BCUT2D eigenvalue weighted by Gasteiger charge is -2.06. The van der Waals surface area contributed by atoms with E-state index in [1.165, 1.54) is 180 Å². The van der Waals surface area contributed by atoms with Gasteiger partial charge in [-0.3, -0.25) is 0 Å². The summed E-state index contributed by atoms with van der Waals surface area (Å²) in [6, 6.07) is 0. The molecule has 212 valence electrons. The van der Waals surface area contributed by atoms with Crippen molar-refractivity contribution < 1.29 is 10.2 Å². The van der Waals surface area contributed by atoms with Gasteiger partial charge in [-0.05, 0) is 6.42 Å². The van der Waals surface area contributed by atoms with Gasteiger partial charge in [-0.15, -0.1) is 0 Å². The molecule has 1 unspecified atom stereocenters. The first-order valence-corrected chi connectivity index (χ1v) is 16.6. The topological polar surface area (TPSA) is 40.5 Å². The van der Waals surface area contributed by atoms with Gasteiger partial charge in [-0.25, -0.2) is 0 Å². The maximum absolute atomic E-state index is 9.31. The molecule has 0 spiro atoms. The molecule has 0 heterocycles. The minimum atomic E-state index is -0.496. The summed E-state index contributed by atoms with van der Waals surface area (Å²) in [4.78, 5) is 0. The van der Waals surface area contributed by atoms with Gasteiger partial charge in [-0.2, -0.15) is 0 Å². The van der Waals surface area contributed by atoms with E-state index in [2.05, 4.69) is 6.92 Å². The van der Waals surface area contributed by atoms with Crippen LogP contribution in [0.5, 0.6) is 0 Å². The standard InChI is InChI=1S/C33H68O2/c1-2-3-4-5-6-7-8-9-10-11-12-13-14-15-16-17-18-19-20-21-22-23-24-25-26-27-28-29-30-31-33(35)32-34/h33-35H,2-32H2,1H3. The first-order chi connectivity index (χ1) is 17.3. The Morgan fingerprint density at radius 3 is 0.743 bits per heavy atom. The second-order valence-electron chi connectivity index (χ2n) is 11.5. The van der Waals surface area contributed by atoms with Gasteiger partial charge in [0.2, 0.25) is 0 Å². The van der Waals surface area contributed by atoms with E-state index in [1.54, 1.807) is 0 Å². The predicted molar refractivity (Wildman–Crippen MR) is 157 cm³/mol. The van der Waals surface area contributed by atoms with Crippen LogP contribution in [-0.2, 0) is 0 Å². The van der Waals surface area contributed by atoms with Gasteiger partial charge in [0.1, 0.15) is 0 Å². The monoisotopic (exact) mass is 497 g/mol. The van der Waals surface area contributed by atoms with E-state index in [9.17, 15) is 5.11 Å². The van der Waals surface area contributed by atoms with E-state index in [-0.39, 0.29) is 6.61 Å². The highest BCUT2D eigenvalue weighted by molar-refractivity contribution is 4.54. The zero-order valence-corrected chi connectivity index (χ0v) is 24.4. The van der Waals surface area contributed by atoms with Crippen molar-refractivity contribution in [3.05, 3.63) is 0 Å². The summed E-state index contributed by atoms with van der Waals surface area (Å²) in [6.07, 6.45) is 41.5. The molecule has 0 saturated carbocycles. The molecule has 0 fully saturated rings. The third kappa shape index (κ3) is 31.9. The van der Waals surface area contributed by atoms with E-state index in [1.807, 2.05) is 0 Å². The van der Waals surface area contributed by atoms with Gasteiger partial charge in [0.25, 0.3) is 0 Å². The molecule has 0 aromatic rings. The third-order valence-electron chi connectivity index (χ3n) is 7.85. The maximum Gasteiger partial charge on any atom is 0.0770 e. The van der Waals surface area contributed by atoms with Crippen molar-refractivity contribution in [1.82, 2.24) is 0 Å². The third-order valence-corrected chi connectivity index (χ3v) is 7.85. The number of hydrogen-bond donors (Lipinski definition) is 2. The number of aliphatic hydroxyl groups is 2. The van der Waals surface area contributed by atoms with E-state index < -0.39 is 6.10 Å². The summed E-state index contributed by atoms with van der Waals surface area (Å²) in [5, 5.41) is 18.1. The van der Waals surface area contributed by atoms with Crippen LogP contribution in [0.15, 0.2) is 0 Å². The van der Waals surface area contributed by atoms with Crippen LogP contribution in [-0.4, -0.2) is 22.9 Å². The number of rotatable bonds is 31. The highest BCUT2D eigenvalue weighted by Gasteiger charge is 2.01. The molecule has 1 atom stereocenters. The van der Waals surface area contributed by atoms with Gasteiger partial charge < -0.3 is 10.2 Å². The molecular weight excluding hydrogens is 428 g/mol. The molecule has 0 aliphatic heterocycles. The van der Waals surface area contributed by atoms with Crippen LogP contribution >= 0.6 is 0 Å². The smallest absolute Gasteiger partial charge is 0.0770 e. The van der Waals surface area contributed by atoms with Gasteiger partial charge >= 0.3 is 0 Å². The fourth-order valence-corrected chi connectivity index (χ4v) is 5.32. The lowest BCUT2D eigenvalue weighted by molar-refractivity contribution is 0.0860. The lowest BCUT2D eigenvalue weighted by Crippen LogP contribution is -2.10. The van der Waals surface area contributed by atoms with Crippen LogP contribution in [0.25, 0.3) is 0 Å². The number of unbranched alkanes of at least 4 members (excludes halogenated alkanes) is 28. The molecule has 0 amide bonds. The highest BCUT2D eigenvalue weighted by Crippen LogP contribution is 2.16. The Morgan fingerprint density at radius 2 is 0.543 bits per heavy atom. The lowest BCUT2D eigenvalue weighted by atomic mass is 10.0. The van der Waals surface area contributed by atoms with E-state index >= 15 is 0 Å². The molecule has 35 heavy (non-hydrogen) atoms. The quantitative estimate of drug-likeness (QED) is 0.0936. The molecule has 0 bridgehead atoms. The van der Waals surface area contributed by atoms with Crippen molar-refractivity contribution in [3.63, 3.8) is 0 Å². The first-order valence-electron chi connectivity index (χ1n) is 16.6. The van der Waals surface area contributed by atoms with Gasteiger partial charge in [0, 0.05) is 0 Å². The molecule has 0 aromatic heterocycles. The fourth-order valence-electron chi connectivity index (χ4n) is 5.32. The molecule has 2 N–H and O–H groups in total. The fraction of sp³-hybridized carbons (Fsp3) is 1.00. The summed E-state index contributed by atoms with van der Waals surface area (Å²) in [5.41, 5.74) is 0. The van der Waals surface area contributed by atoms with Crippen molar-refractivity contribution in [1.29, 1.82) is 0 Å². The zero-order valence-electron chi connectivity index (χ0n) is 24.4. The molecule has 0 aliphatic carbocycles. The van der Waals surface area contributed by atoms with E-state index in [0.717, 1.165) is 12.8 Å². The zero-order chi connectivity index (χ0) is 25.5. The number of hydrogen-bond acceptors (Lipinski definition) is 2. The Labute approximate surface area is 222 Å². The minimum Gasteiger partial charge on any atom is -0.394 e. The molecule has 2 heteroatoms. The van der Waals surface area contributed by atoms with Crippen LogP contribution in [0.2, 0.25) is 0 Å². The summed E-state index contributed by atoms with van der Waals surface area (Å²) >= 11 is 0. The molecule has 0 aliphatic rings. The normalized spacial score (nSPS) is 12.4. The summed E-state index contributed by atoms with van der Waals surface area (Å²) in [7, 11) is 0. The second kappa shape index (κ2) is 31.9. The van der Waals surface area contributed by atoms with Gasteiger partial charge in [-0.1, -0.05) is 193 Å². The predicted octanol–water partition coefficient (Wildman–Crippen LogP) is 11.1. The number of aliphatic hydroxyl groups excluding tert-OH is 2. The van der Waals surface area contributed by atoms with Gasteiger partial charge in [0.15, 0.2) is 0 Å². The summed E-state index contributed by atoms with van der Waals surface area (Å²) < 4.78 is 0. The van der Waals surface area contributed by atoms with Crippen molar-refractivity contribution in [2.24, 2.45) is 0 Å². The van der Waals surface area contributed by atoms with E-state index in [0.29, 0.717) is 0 Å². The summed E-state index contributed by atoms with van der Waals surface area (Å²) in [6.45, 7) is 2.22. The second-order valence-corrected chi connectivity index (χ2v) is 11.5. The van der Waals surface area contributed by atoms with Crippen LogP contribution < -0.4 is 0 Å². The molecule has 0 radical (unpaired) electrons. The van der Waals surface area contributed by atoms with Crippen LogP contribution in [0.4, 0.5) is 0 Å². The van der Waals surface area contributed by atoms with Crippen LogP contribution in [0, 0.1) is 0 Å². The Kier molecular flexibility index (Phi) is 31.9. The van der Waals surface area contributed by atoms with Crippen molar-refractivity contribution in [3.8, 4) is 0 Å². The van der Waals surface area contributed by atoms with Crippen LogP contribution in [0.1, 0.15) is 200 Å². The minimum absolute atomic E-state index is 0.0838. The highest BCUT2D eigenvalue weighted by atomic mass is 16.3. The maximum atomic E-state index is 9.31. The van der Waals surface area contributed by atoms with Crippen molar-refractivity contribution >= 4 is 0 Å². The molecule has 0 aromatic carbocycles. The first kappa shape index (κ1) is 34.9. The average molecular weight is 497 g/mol. The molecule has 2 nitrogen and oxygen atoms in total. The Hall–Kier alpha value is -0.0800. The Bertz CT molecular complexity index is 357. The Morgan fingerprint density at radius 1 is 0.343 bits per heavy atom. The largest absolute Gasteiger partial charge is 0.394 e. The van der Waals surface area contributed by atoms with Crippen molar-refractivity contribution in [2.75, 3.05) is 6.61 Å². The summed E-state index contributed by atoms with van der Waals surface area (Å²) in [5.74, 6) is 0. The molecular formula is C33H68O2. The SMILES string of the molecule is CCCCCCCCCCCCCCCCCCCCCCCCCCCCCCCC(O)CO. The van der Waals surface area contributed by atoms with Crippen molar-refractivity contribution in [2.45, 2.75) is 206 Å². The average Bonchev–Trinajstić information content (AvgIpc) is 2.87. The van der Waals surface area contributed by atoms with Gasteiger partial charge in [0.05, 0.1) is 12.7 Å². The van der Waals surface area contributed by atoms with E-state index in [4.69, 9.17) is 5.11 Å². The Balaban J connectivity index is 3.02. The molecule has 0 saturated heterocycles.